The fourth-order valence-electron chi connectivity index (χ4n) is 1.56. The van der Waals surface area contributed by atoms with Crippen molar-refractivity contribution in [2.45, 2.75) is 6.92 Å². The molecule has 6 heteroatoms. The van der Waals surface area contributed by atoms with Crippen LogP contribution in [0.25, 0.3) is 5.69 Å². The normalized spacial score (nSPS) is 10.3. The standard InChI is InChI=1S/C12H13N3O2S/c1-2-17-14-11(16)10-8-13-12(18)15(10)9-6-4-3-5-7-9/h3-8H,2H2,1H3,(H,13,18)(H,14,16). The molecule has 0 radical (unpaired) electrons. The van der Waals surface area contributed by atoms with Crippen LogP contribution in [0.1, 0.15) is 17.4 Å². The van der Waals surface area contributed by atoms with Crippen molar-refractivity contribution in [3.05, 3.63) is 47.0 Å². The van der Waals surface area contributed by atoms with Crippen LogP contribution in [-0.4, -0.2) is 22.1 Å². The molecule has 1 heterocycles. The third-order valence-corrected chi connectivity index (χ3v) is 2.63. The maximum Gasteiger partial charge on any atom is 0.293 e. The maximum absolute atomic E-state index is 11.9. The molecule has 5 nitrogen and oxygen atoms in total. The molecular formula is C12H13N3O2S. The summed E-state index contributed by atoms with van der Waals surface area (Å²) in [6, 6.07) is 9.42. The fourth-order valence-corrected chi connectivity index (χ4v) is 1.82. The number of carbonyl (C=O) groups is 1. The highest BCUT2D eigenvalue weighted by molar-refractivity contribution is 7.71. The van der Waals surface area contributed by atoms with Gasteiger partial charge in [0.1, 0.15) is 5.69 Å². The number of imidazole rings is 1. The van der Waals surface area contributed by atoms with Crippen LogP contribution in [0.2, 0.25) is 0 Å². The van der Waals surface area contributed by atoms with Crippen molar-refractivity contribution in [2.24, 2.45) is 0 Å². The van der Waals surface area contributed by atoms with Gasteiger partial charge in [-0.25, -0.2) is 5.48 Å². The summed E-state index contributed by atoms with van der Waals surface area (Å²) in [6.07, 6.45) is 1.56. The lowest BCUT2D eigenvalue weighted by molar-refractivity contribution is 0.0358. The van der Waals surface area contributed by atoms with E-state index in [0.717, 1.165) is 5.69 Å². The summed E-state index contributed by atoms with van der Waals surface area (Å²) in [7, 11) is 0. The third kappa shape index (κ3) is 2.49. The summed E-state index contributed by atoms with van der Waals surface area (Å²) in [5.74, 6) is -0.340. The summed E-state index contributed by atoms with van der Waals surface area (Å²) in [6.45, 7) is 2.20. The minimum absolute atomic E-state index is 0.340. The molecule has 0 bridgehead atoms. The number of hydrogen-bond donors (Lipinski definition) is 2. The zero-order valence-corrected chi connectivity index (χ0v) is 10.7. The van der Waals surface area contributed by atoms with Gasteiger partial charge in [-0.1, -0.05) is 18.2 Å². The van der Waals surface area contributed by atoms with E-state index < -0.39 is 0 Å². The first-order chi connectivity index (χ1) is 8.74. The molecule has 0 aliphatic heterocycles. The number of para-hydroxylation sites is 1. The first kappa shape index (κ1) is 12.5. The van der Waals surface area contributed by atoms with E-state index >= 15 is 0 Å². The number of nitrogens with one attached hydrogen (secondary N) is 2. The van der Waals surface area contributed by atoms with E-state index in [1.54, 1.807) is 17.7 Å². The summed E-state index contributed by atoms with van der Waals surface area (Å²) < 4.78 is 2.12. The van der Waals surface area contributed by atoms with Crippen LogP contribution in [0.4, 0.5) is 0 Å². The van der Waals surface area contributed by atoms with E-state index in [-0.39, 0.29) is 5.91 Å². The summed E-state index contributed by atoms with van der Waals surface area (Å²) in [4.78, 5) is 19.6. The molecule has 94 valence electrons. The molecule has 0 aliphatic carbocycles. The maximum atomic E-state index is 11.9. The lowest BCUT2D eigenvalue weighted by Crippen LogP contribution is -2.25. The Balaban J connectivity index is 2.40. The predicted octanol–water partition coefficient (Wildman–Crippen LogP) is 2.22. The first-order valence-corrected chi connectivity index (χ1v) is 5.93. The largest absolute Gasteiger partial charge is 0.336 e. The van der Waals surface area contributed by atoms with Gasteiger partial charge >= 0.3 is 0 Å². The highest BCUT2D eigenvalue weighted by atomic mass is 32.1. The number of rotatable bonds is 4. The minimum Gasteiger partial charge on any atom is -0.336 e. The quantitative estimate of drug-likeness (QED) is 0.657. The SMILES string of the molecule is CCONC(=O)c1c[nH]c(=S)n1-c1ccccc1. The second-order valence-electron chi connectivity index (χ2n) is 3.51. The zero-order chi connectivity index (χ0) is 13.0. The highest BCUT2D eigenvalue weighted by Crippen LogP contribution is 2.12. The number of hydroxylamine groups is 1. The molecule has 0 atom stereocenters. The third-order valence-electron chi connectivity index (χ3n) is 2.33. The molecule has 0 saturated heterocycles. The van der Waals surface area contributed by atoms with Crippen molar-refractivity contribution in [3.8, 4) is 5.69 Å². The number of aromatic amines is 1. The lowest BCUT2D eigenvalue weighted by Gasteiger charge is -2.08. The average molecular weight is 263 g/mol. The van der Waals surface area contributed by atoms with Gasteiger partial charge in [-0.15, -0.1) is 0 Å². The van der Waals surface area contributed by atoms with Gasteiger partial charge in [0.2, 0.25) is 0 Å². The van der Waals surface area contributed by atoms with Crippen LogP contribution in [-0.2, 0) is 4.84 Å². The van der Waals surface area contributed by atoms with Crippen molar-refractivity contribution in [1.29, 1.82) is 0 Å². The summed E-state index contributed by atoms with van der Waals surface area (Å²) in [5.41, 5.74) is 3.57. The average Bonchev–Trinajstić information content (AvgIpc) is 2.79. The Morgan fingerprint density at radius 1 is 1.44 bits per heavy atom. The molecule has 1 aromatic heterocycles. The van der Waals surface area contributed by atoms with Crippen molar-refractivity contribution in [2.75, 3.05) is 6.61 Å². The van der Waals surface area contributed by atoms with Gasteiger partial charge in [0.25, 0.3) is 5.91 Å². The number of carbonyl (C=O) groups excluding carboxylic acids is 1. The Morgan fingerprint density at radius 3 is 2.83 bits per heavy atom. The molecule has 1 amide bonds. The Kier molecular flexibility index (Phi) is 3.91. The van der Waals surface area contributed by atoms with Crippen LogP contribution >= 0.6 is 12.2 Å². The molecular weight excluding hydrogens is 250 g/mol. The molecule has 2 N–H and O–H groups in total. The molecule has 0 unspecified atom stereocenters. The summed E-state index contributed by atoms with van der Waals surface area (Å²) >= 11 is 5.17. The van der Waals surface area contributed by atoms with Gasteiger partial charge in [-0.2, -0.15) is 0 Å². The van der Waals surface area contributed by atoms with Crippen molar-refractivity contribution in [3.63, 3.8) is 0 Å². The van der Waals surface area contributed by atoms with Crippen molar-refractivity contribution in [1.82, 2.24) is 15.0 Å². The monoisotopic (exact) mass is 263 g/mol. The van der Waals surface area contributed by atoms with E-state index in [0.29, 0.717) is 17.1 Å². The minimum atomic E-state index is -0.340. The van der Waals surface area contributed by atoms with Gasteiger partial charge in [0.15, 0.2) is 4.77 Å². The van der Waals surface area contributed by atoms with Gasteiger partial charge in [-0.3, -0.25) is 14.2 Å². The second kappa shape index (κ2) is 5.61. The van der Waals surface area contributed by atoms with Gasteiger partial charge in [0.05, 0.1) is 6.61 Å². The number of hydrogen-bond acceptors (Lipinski definition) is 3. The highest BCUT2D eigenvalue weighted by Gasteiger charge is 2.13. The molecule has 0 saturated carbocycles. The molecule has 0 aliphatic rings. The van der Waals surface area contributed by atoms with E-state index in [4.69, 9.17) is 17.1 Å². The number of H-pyrrole nitrogens is 1. The molecule has 18 heavy (non-hydrogen) atoms. The summed E-state index contributed by atoms with van der Waals surface area (Å²) in [5, 5.41) is 0. The predicted molar refractivity (Wildman–Crippen MR) is 70.0 cm³/mol. The molecule has 2 rings (SSSR count). The van der Waals surface area contributed by atoms with E-state index in [2.05, 4.69) is 10.5 Å². The first-order valence-electron chi connectivity index (χ1n) is 5.52. The smallest absolute Gasteiger partial charge is 0.293 e. The van der Waals surface area contributed by atoms with Gasteiger partial charge in [-0.05, 0) is 31.3 Å². The van der Waals surface area contributed by atoms with E-state index in [1.165, 1.54) is 0 Å². The second-order valence-corrected chi connectivity index (χ2v) is 3.90. The number of amides is 1. The Morgan fingerprint density at radius 2 is 2.17 bits per heavy atom. The van der Waals surface area contributed by atoms with E-state index in [9.17, 15) is 4.79 Å². The lowest BCUT2D eigenvalue weighted by atomic mass is 10.3. The van der Waals surface area contributed by atoms with Crippen LogP contribution in [0.5, 0.6) is 0 Å². The van der Waals surface area contributed by atoms with Gasteiger partial charge < -0.3 is 4.98 Å². The zero-order valence-electron chi connectivity index (χ0n) is 9.84. The Hall–Kier alpha value is -1.92. The number of nitrogens with zero attached hydrogens (tertiary/aromatic N) is 1. The molecule has 0 spiro atoms. The van der Waals surface area contributed by atoms with Crippen LogP contribution < -0.4 is 5.48 Å². The molecule has 2 aromatic rings. The molecule has 1 aromatic carbocycles. The topological polar surface area (TPSA) is 59.0 Å². The van der Waals surface area contributed by atoms with Crippen molar-refractivity contribution < 1.29 is 9.63 Å². The number of benzene rings is 1. The van der Waals surface area contributed by atoms with Crippen LogP contribution in [0.15, 0.2) is 36.5 Å². The van der Waals surface area contributed by atoms with Crippen LogP contribution in [0, 0.1) is 4.77 Å². The van der Waals surface area contributed by atoms with Crippen molar-refractivity contribution >= 4 is 18.1 Å². The molecule has 0 fully saturated rings. The van der Waals surface area contributed by atoms with Gasteiger partial charge in [0, 0.05) is 11.9 Å². The Labute approximate surface area is 109 Å². The Bertz CT molecular complexity index is 589. The van der Waals surface area contributed by atoms with Crippen LogP contribution in [0.3, 0.4) is 0 Å². The van der Waals surface area contributed by atoms with E-state index in [1.807, 2.05) is 30.3 Å². The fraction of sp³-hybridized carbons (Fsp3) is 0.167. The number of aromatic nitrogens is 2.